The molecule has 0 unspecified atom stereocenters. The van der Waals surface area contributed by atoms with E-state index < -0.39 is 11.6 Å². The lowest BCUT2D eigenvalue weighted by molar-refractivity contribution is 0.188. The summed E-state index contributed by atoms with van der Waals surface area (Å²) in [5.74, 6) is 0.839. The molecule has 32 heavy (non-hydrogen) atoms. The molecule has 0 saturated heterocycles. The van der Waals surface area contributed by atoms with Crippen LogP contribution in [0.4, 0.5) is 8.78 Å². The molecular weight excluding hydrogens is 402 g/mol. The molecule has 3 aromatic carbocycles. The van der Waals surface area contributed by atoms with Crippen LogP contribution in [0.25, 0.3) is 22.3 Å². The van der Waals surface area contributed by atoms with E-state index in [1.165, 1.54) is 25.7 Å². The second-order valence-electron chi connectivity index (χ2n) is 8.60. The van der Waals surface area contributed by atoms with E-state index in [4.69, 9.17) is 4.74 Å². The Kier molecular flexibility index (Phi) is 9.00. The highest BCUT2D eigenvalue weighted by molar-refractivity contribution is 5.71. The molecule has 1 aliphatic carbocycles. The molecule has 0 atom stereocenters. The van der Waals surface area contributed by atoms with Crippen LogP contribution in [0.2, 0.25) is 0 Å². The molecule has 1 aliphatic rings. The molecule has 0 heterocycles. The van der Waals surface area contributed by atoms with E-state index in [2.05, 4.69) is 6.92 Å². The molecule has 0 aliphatic heterocycles. The highest BCUT2D eigenvalue weighted by Crippen LogP contribution is 2.31. The van der Waals surface area contributed by atoms with E-state index in [9.17, 15) is 8.78 Å². The Bertz CT molecular complexity index is 985. The molecule has 1 nitrogen and oxygen atoms in total. The average molecular weight is 439 g/mol. The first kappa shape index (κ1) is 25.6. The van der Waals surface area contributed by atoms with Crippen LogP contribution < -0.4 is 4.74 Å². The quantitative estimate of drug-likeness (QED) is 0.386. The lowest BCUT2D eigenvalue weighted by atomic mass is 9.83. The average Bonchev–Trinajstić information content (AvgIpc) is 2.78. The summed E-state index contributed by atoms with van der Waals surface area (Å²) >= 11 is 0. The third kappa shape index (κ3) is 5.76. The van der Waals surface area contributed by atoms with Gasteiger partial charge >= 0.3 is 0 Å². The van der Waals surface area contributed by atoms with Crippen molar-refractivity contribution < 1.29 is 13.5 Å². The first-order valence-corrected chi connectivity index (χ1v) is 10.8. The van der Waals surface area contributed by atoms with Crippen LogP contribution in [-0.2, 0) is 0 Å². The minimum absolute atomic E-state index is 0. The molecule has 0 aromatic heterocycles. The van der Waals surface area contributed by atoms with Crippen molar-refractivity contribution >= 4 is 0 Å². The summed E-state index contributed by atoms with van der Waals surface area (Å²) in [6, 6.07) is 18.9. The third-order valence-corrected chi connectivity index (χ3v) is 6.28. The highest BCUT2D eigenvalue weighted by atomic mass is 19.2. The summed E-state index contributed by atoms with van der Waals surface area (Å²) in [5, 5.41) is 0. The first-order valence-electron chi connectivity index (χ1n) is 10.8. The van der Waals surface area contributed by atoms with E-state index in [1.807, 2.05) is 48.5 Å². The molecule has 3 aromatic rings. The minimum atomic E-state index is -0.795. The zero-order chi connectivity index (χ0) is 21.1. The number of hydrogen-bond donors (Lipinski definition) is 0. The van der Waals surface area contributed by atoms with Gasteiger partial charge in [-0.05, 0) is 66.0 Å². The van der Waals surface area contributed by atoms with Crippen LogP contribution in [-0.4, -0.2) is 6.61 Å². The maximum Gasteiger partial charge on any atom is 0.166 e. The van der Waals surface area contributed by atoms with Gasteiger partial charge in [0, 0.05) is 5.56 Å². The number of aryl methyl sites for hydroxylation is 1. The second-order valence-corrected chi connectivity index (χ2v) is 8.60. The summed E-state index contributed by atoms with van der Waals surface area (Å²) in [6.07, 6.45) is 5.14. The Morgan fingerprint density at radius 1 is 0.719 bits per heavy atom. The van der Waals surface area contributed by atoms with Crippen molar-refractivity contribution in [3.63, 3.8) is 0 Å². The van der Waals surface area contributed by atoms with Crippen molar-refractivity contribution in [2.45, 2.75) is 54.4 Å². The van der Waals surface area contributed by atoms with Gasteiger partial charge in [-0.1, -0.05) is 83.1 Å². The fourth-order valence-corrected chi connectivity index (χ4v) is 4.16. The van der Waals surface area contributed by atoms with Crippen LogP contribution in [0.5, 0.6) is 5.75 Å². The van der Waals surface area contributed by atoms with E-state index >= 15 is 0 Å². The molecule has 4 rings (SSSR count). The monoisotopic (exact) mass is 438 g/mol. The molecule has 0 N–H and O–H groups in total. The highest BCUT2D eigenvalue weighted by Gasteiger charge is 2.18. The van der Waals surface area contributed by atoms with Crippen LogP contribution in [0.15, 0.2) is 60.7 Å². The Morgan fingerprint density at radius 2 is 1.25 bits per heavy atom. The Morgan fingerprint density at radius 3 is 1.84 bits per heavy atom. The van der Waals surface area contributed by atoms with Crippen LogP contribution in [0.3, 0.4) is 0 Å². The lowest BCUT2D eigenvalue weighted by Crippen LogP contribution is -2.18. The topological polar surface area (TPSA) is 9.23 Å². The second kappa shape index (κ2) is 11.3. The predicted octanol–water partition coefficient (Wildman–Crippen LogP) is 9.08. The maximum absolute atomic E-state index is 14.3. The van der Waals surface area contributed by atoms with Gasteiger partial charge in [-0.25, -0.2) is 8.78 Å². The summed E-state index contributed by atoms with van der Waals surface area (Å²) in [5.41, 5.74) is 3.35. The number of ether oxygens (including phenoxy) is 1. The van der Waals surface area contributed by atoms with E-state index in [0.29, 0.717) is 17.0 Å². The number of halogens is 2. The smallest absolute Gasteiger partial charge is 0.166 e. The molecule has 0 radical (unpaired) electrons. The summed E-state index contributed by atoms with van der Waals surface area (Å²) in [4.78, 5) is 0. The standard InChI is InChI=1S/C27H28F2O.2CH4/c1-18-3-6-20(7-4-18)17-30-24-14-12-22(13-15-24)21-8-10-23(11-9-21)25-16-5-19(2)26(28)27(25)29;;/h5,8-16,18,20H,3-4,6-7,17H2,1-2H3;2*1H4. The zero-order valence-electron chi connectivity index (χ0n) is 17.6. The molecule has 1 fully saturated rings. The molecule has 0 amide bonds. The van der Waals surface area contributed by atoms with Gasteiger partial charge in [-0.3, -0.25) is 0 Å². The maximum atomic E-state index is 14.3. The molecular formula is C29H36F2O. The SMILES string of the molecule is C.C.Cc1ccc(-c2ccc(-c3ccc(OCC4CCC(C)CC4)cc3)cc2)c(F)c1F. The summed E-state index contributed by atoms with van der Waals surface area (Å²) in [7, 11) is 0. The summed E-state index contributed by atoms with van der Waals surface area (Å²) < 4.78 is 34.1. The summed E-state index contributed by atoms with van der Waals surface area (Å²) in [6.45, 7) is 4.69. The van der Waals surface area contributed by atoms with Crippen LogP contribution >= 0.6 is 0 Å². The Hall–Kier alpha value is -2.68. The van der Waals surface area contributed by atoms with Crippen molar-refractivity contribution in [1.82, 2.24) is 0 Å². The van der Waals surface area contributed by atoms with Crippen LogP contribution in [0, 0.1) is 30.4 Å². The van der Waals surface area contributed by atoms with Gasteiger partial charge in [0.15, 0.2) is 11.6 Å². The van der Waals surface area contributed by atoms with Crippen LogP contribution in [0.1, 0.15) is 53.0 Å². The van der Waals surface area contributed by atoms with Gasteiger partial charge < -0.3 is 4.74 Å². The van der Waals surface area contributed by atoms with Gasteiger partial charge in [-0.2, -0.15) is 0 Å². The van der Waals surface area contributed by atoms with Crippen molar-refractivity contribution in [2.24, 2.45) is 11.8 Å². The third-order valence-electron chi connectivity index (χ3n) is 6.28. The van der Waals surface area contributed by atoms with E-state index in [-0.39, 0.29) is 20.4 Å². The fourth-order valence-electron chi connectivity index (χ4n) is 4.16. The Balaban J connectivity index is 0.00000181. The minimum Gasteiger partial charge on any atom is -0.493 e. The van der Waals surface area contributed by atoms with Gasteiger partial charge in [0.2, 0.25) is 0 Å². The lowest BCUT2D eigenvalue weighted by Gasteiger charge is -2.26. The number of rotatable bonds is 5. The molecule has 172 valence electrons. The normalized spacial score (nSPS) is 17.8. The van der Waals surface area contributed by atoms with Gasteiger partial charge in [0.1, 0.15) is 5.75 Å². The fraction of sp³-hybridized carbons (Fsp3) is 0.379. The first-order chi connectivity index (χ1) is 14.5. The van der Waals surface area contributed by atoms with Crippen molar-refractivity contribution in [2.75, 3.05) is 6.61 Å². The van der Waals surface area contributed by atoms with Crippen molar-refractivity contribution in [3.05, 3.63) is 77.9 Å². The van der Waals surface area contributed by atoms with Gasteiger partial charge in [0.25, 0.3) is 0 Å². The van der Waals surface area contributed by atoms with Gasteiger partial charge in [0.05, 0.1) is 6.61 Å². The molecule has 3 heteroatoms. The number of hydrogen-bond acceptors (Lipinski definition) is 1. The molecule has 0 bridgehead atoms. The number of benzene rings is 3. The van der Waals surface area contributed by atoms with Gasteiger partial charge in [-0.15, -0.1) is 0 Å². The van der Waals surface area contributed by atoms with Crippen molar-refractivity contribution in [1.29, 1.82) is 0 Å². The zero-order valence-corrected chi connectivity index (χ0v) is 17.6. The Labute approximate surface area is 192 Å². The predicted molar refractivity (Wildman–Crippen MR) is 132 cm³/mol. The van der Waals surface area contributed by atoms with E-state index in [0.717, 1.165) is 29.4 Å². The van der Waals surface area contributed by atoms with Crippen molar-refractivity contribution in [3.8, 4) is 28.0 Å². The largest absolute Gasteiger partial charge is 0.493 e. The molecule has 1 saturated carbocycles. The van der Waals surface area contributed by atoms with E-state index in [1.54, 1.807) is 19.1 Å². The molecule has 0 spiro atoms.